The first-order valence-electron chi connectivity index (χ1n) is 10.9. The number of carbonyl (C=O) groups excluding carboxylic acids is 2. The molecule has 0 N–H and O–H groups in total. The number of benzene rings is 1. The summed E-state index contributed by atoms with van der Waals surface area (Å²) >= 11 is 1.17. The number of ether oxygens (including phenoxy) is 1. The van der Waals surface area contributed by atoms with Gasteiger partial charge in [0, 0.05) is 23.5 Å². The summed E-state index contributed by atoms with van der Waals surface area (Å²) in [6.07, 6.45) is 3.32. The number of thioether (sulfide) groups is 1. The van der Waals surface area contributed by atoms with Crippen LogP contribution in [-0.4, -0.2) is 38.7 Å². The van der Waals surface area contributed by atoms with Crippen LogP contribution in [0.4, 0.5) is 0 Å². The van der Waals surface area contributed by atoms with Gasteiger partial charge >= 0.3 is 5.97 Å². The van der Waals surface area contributed by atoms with Crippen LogP contribution in [-0.2, 0) is 17.8 Å². The van der Waals surface area contributed by atoms with Crippen molar-refractivity contribution < 1.29 is 18.7 Å². The van der Waals surface area contributed by atoms with Crippen molar-refractivity contribution in [3.05, 3.63) is 93.9 Å². The van der Waals surface area contributed by atoms with E-state index in [9.17, 15) is 14.4 Å². The van der Waals surface area contributed by atoms with Gasteiger partial charge in [-0.1, -0.05) is 17.8 Å². The Kier molecular flexibility index (Phi) is 7.07. The average Bonchev–Trinajstić information content (AvgIpc) is 3.47. The highest BCUT2D eigenvalue weighted by molar-refractivity contribution is 7.99. The van der Waals surface area contributed by atoms with Crippen molar-refractivity contribution >= 4 is 34.4 Å². The number of esters is 1. The summed E-state index contributed by atoms with van der Waals surface area (Å²) in [4.78, 5) is 43.1. The number of ketones is 1. The Labute approximate surface area is 206 Å². The smallest absolute Gasteiger partial charge is 0.337 e. The molecule has 0 spiro atoms. The lowest BCUT2D eigenvalue weighted by Gasteiger charge is -2.12. The molecule has 0 amide bonds. The Bertz CT molecular complexity index is 1480. The van der Waals surface area contributed by atoms with E-state index in [1.807, 2.05) is 24.5 Å². The largest absolute Gasteiger partial charge is 0.467 e. The molecule has 0 radical (unpaired) electrons. The van der Waals surface area contributed by atoms with Crippen molar-refractivity contribution in [2.45, 2.75) is 32.1 Å². The van der Waals surface area contributed by atoms with E-state index in [1.54, 1.807) is 24.3 Å². The van der Waals surface area contributed by atoms with E-state index in [2.05, 4.69) is 11.6 Å². The number of aryl methyl sites for hydroxylation is 1. The molecule has 0 atom stereocenters. The second kappa shape index (κ2) is 10.2. The summed E-state index contributed by atoms with van der Waals surface area (Å²) in [6.45, 7) is 8.42. The third-order valence-electron chi connectivity index (χ3n) is 5.75. The quantitative estimate of drug-likeness (QED) is 0.113. The van der Waals surface area contributed by atoms with Gasteiger partial charge in [0.25, 0.3) is 5.56 Å². The van der Waals surface area contributed by atoms with Crippen molar-refractivity contribution in [3.8, 4) is 0 Å². The Morgan fingerprint density at radius 3 is 2.69 bits per heavy atom. The van der Waals surface area contributed by atoms with Crippen LogP contribution in [0.25, 0.3) is 10.9 Å². The standard InChI is InChI=1S/C26H25N3O5S/c1-5-10-28-16(2)12-21(17(28)3)23(30)15-35-26-27-22-13-18(25(32)33-4)8-9-20(22)24(31)29(26)14-19-7-6-11-34-19/h5-9,11-13H,1,10,14-15H2,2-4H3. The van der Waals surface area contributed by atoms with Crippen LogP contribution in [0, 0.1) is 13.8 Å². The minimum Gasteiger partial charge on any atom is -0.467 e. The van der Waals surface area contributed by atoms with Crippen molar-refractivity contribution in [3.63, 3.8) is 0 Å². The first-order chi connectivity index (χ1) is 16.8. The third kappa shape index (κ3) is 4.85. The summed E-state index contributed by atoms with van der Waals surface area (Å²) < 4.78 is 13.7. The molecule has 35 heavy (non-hydrogen) atoms. The van der Waals surface area contributed by atoms with Gasteiger partial charge in [0.1, 0.15) is 5.76 Å². The lowest BCUT2D eigenvalue weighted by molar-refractivity contribution is 0.0600. The molecule has 8 nitrogen and oxygen atoms in total. The van der Waals surface area contributed by atoms with Gasteiger partial charge in [0.2, 0.25) is 0 Å². The fraction of sp³-hybridized carbons (Fsp3) is 0.231. The van der Waals surface area contributed by atoms with E-state index in [4.69, 9.17) is 9.15 Å². The van der Waals surface area contributed by atoms with E-state index in [1.165, 1.54) is 41.8 Å². The zero-order valence-corrected chi connectivity index (χ0v) is 20.6. The molecule has 180 valence electrons. The Morgan fingerprint density at radius 2 is 2.00 bits per heavy atom. The first-order valence-corrected chi connectivity index (χ1v) is 11.9. The molecule has 4 rings (SSSR count). The molecular formula is C26H25N3O5S. The normalized spacial score (nSPS) is 11.1. The van der Waals surface area contributed by atoms with Crippen LogP contribution >= 0.6 is 11.8 Å². The Hall–Kier alpha value is -3.85. The van der Waals surface area contributed by atoms with Gasteiger partial charge in [-0.05, 0) is 50.2 Å². The minimum atomic E-state index is -0.521. The van der Waals surface area contributed by atoms with E-state index in [0.717, 1.165) is 11.4 Å². The number of nitrogens with zero attached hydrogens (tertiary/aromatic N) is 3. The number of allylic oxidation sites excluding steroid dienone is 1. The van der Waals surface area contributed by atoms with Gasteiger partial charge in [-0.2, -0.15) is 0 Å². The van der Waals surface area contributed by atoms with Gasteiger partial charge in [-0.15, -0.1) is 6.58 Å². The second-order valence-electron chi connectivity index (χ2n) is 7.98. The molecule has 0 aliphatic rings. The topological polar surface area (TPSA) is 96.3 Å². The maximum atomic E-state index is 13.4. The van der Waals surface area contributed by atoms with Crippen LogP contribution in [0.15, 0.2) is 69.7 Å². The first kappa shape index (κ1) is 24.3. The number of hydrogen-bond acceptors (Lipinski definition) is 7. The number of aromatic nitrogens is 3. The van der Waals surface area contributed by atoms with Gasteiger partial charge in [0.15, 0.2) is 10.9 Å². The van der Waals surface area contributed by atoms with Crippen molar-refractivity contribution in [1.82, 2.24) is 14.1 Å². The molecule has 4 aromatic rings. The van der Waals surface area contributed by atoms with E-state index in [-0.39, 0.29) is 29.2 Å². The van der Waals surface area contributed by atoms with Gasteiger partial charge in [-0.25, -0.2) is 9.78 Å². The molecule has 0 fully saturated rings. The molecule has 0 unspecified atom stereocenters. The molecule has 3 aromatic heterocycles. The fourth-order valence-corrected chi connectivity index (χ4v) is 4.84. The predicted molar refractivity (Wildman–Crippen MR) is 134 cm³/mol. The molecule has 3 heterocycles. The van der Waals surface area contributed by atoms with Gasteiger partial charge in [-0.3, -0.25) is 14.2 Å². The average molecular weight is 492 g/mol. The van der Waals surface area contributed by atoms with Gasteiger partial charge < -0.3 is 13.7 Å². The molecule has 1 aromatic carbocycles. The maximum absolute atomic E-state index is 13.4. The Balaban J connectivity index is 1.72. The van der Waals surface area contributed by atoms with Gasteiger partial charge in [0.05, 0.1) is 42.1 Å². The fourth-order valence-electron chi connectivity index (χ4n) is 3.95. The molecule has 0 aliphatic carbocycles. The molecule has 0 saturated heterocycles. The zero-order valence-electron chi connectivity index (χ0n) is 19.7. The second-order valence-corrected chi connectivity index (χ2v) is 8.93. The summed E-state index contributed by atoms with van der Waals surface area (Å²) in [6, 6.07) is 9.99. The van der Waals surface area contributed by atoms with Crippen LogP contribution in [0.1, 0.15) is 37.9 Å². The summed E-state index contributed by atoms with van der Waals surface area (Å²) in [5, 5.41) is 0.710. The summed E-state index contributed by atoms with van der Waals surface area (Å²) in [7, 11) is 1.29. The number of carbonyl (C=O) groups is 2. The Morgan fingerprint density at radius 1 is 1.20 bits per heavy atom. The number of methoxy groups -OCH3 is 1. The summed E-state index contributed by atoms with van der Waals surface area (Å²) in [5.41, 5.74) is 2.83. The number of hydrogen-bond donors (Lipinski definition) is 0. The minimum absolute atomic E-state index is 0.0689. The monoisotopic (exact) mass is 491 g/mol. The summed E-state index contributed by atoms with van der Waals surface area (Å²) in [5.74, 6) is 0.0828. The maximum Gasteiger partial charge on any atom is 0.337 e. The lowest BCUT2D eigenvalue weighted by atomic mass is 10.1. The van der Waals surface area contributed by atoms with Crippen molar-refractivity contribution in [2.75, 3.05) is 12.9 Å². The molecule has 0 aliphatic heterocycles. The van der Waals surface area contributed by atoms with Crippen LogP contribution in [0.2, 0.25) is 0 Å². The molecule has 0 saturated carbocycles. The molecule has 0 bridgehead atoms. The third-order valence-corrected chi connectivity index (χ3v) is 6.73. The van der Waals surface area contributed by atoms with Crippen LogP contribution in [0.3, 0.4) is 0 Å². The van der Waals surface area contributed by atoms with E-state index >= 15 is 0 Å². The van der Waals surface area contributed by atoms with Crippen molar-refractivity contribution in [1.29, 1.82) is 0 Å². The van der Waals surface area contributed by atoms with Crippen LogP contribution in [0.5, 0.6) is 0 Å². The number of fused-ring (bicyclic) bond motifs is 1. The predicted octanol–water partition coefficient (Wildman–Crippen LogP) is 4.40. The lowest BCUT2D eigenvalue weighted by Crippen LogP contribution is -2.24. The van der Waals surface area contributed by atoms with Crippen LogP contribution < -0.4 is 5.56 Å². The molecule has 9 heteroatoms. The number of Topliss-reactive ketones (excluding diaryl/α,β-unsaturated/α-hetero) is 1. The van der Waals surface area contributed by atoms with Crippen molar-refractivity contribution in [2.24, 2.45) is 0 Å². The highest BCUT2D eigenvalue weighted by Crippen LogP contribution is 2.23. The van der Waals surface area contributed by atoms with E-state index in [0.29, 0.717) is 33.9 Å². The SMILES string of the molecule is C=CCn1c(C)cc(C(=O)CSc2nc3cc(C(=O)OC)ccc3c(=O)n2Cc2ccco2)c1C. The number of furan rings is 1. The zero-order chi connectivity index (χ0) is 25.1. The highest BCUT2D eigenvalue weighted by atomic mass is 32.2. The number of rotatable bonds is 9. The molecular weight excluding hydrogens is 466 g/mol. The highest BCUT2D eigenvalue weighted by Gasteiger charge is 2.19. The van der Waals surface area contributed by atoms with E-state index < -0.39 is 5.97 Å².